The van der Waals surface area contributed by atoms with E-state index in [4.69, 9.17) is 18.9 Å². The number of benzene rings is 2. The van der Waals surface area contributed by atoms with E-state index in [0.717, 1.165) is 23.6 Å². The number of fused-ring (bicyclic) bond motifs is 1. The first-order chi connectivity index (χ1) is 11.6. The third kappa shape index (κ3) is 3.22. The molecule has 2 rings (SSSR count). The van der Waals surface area contributed by atoms with Crippen LogP contribution in [0.3, 0.4) is 0 Å². The summed E-state index contributed by atoms with van der Waals surface area (Å²) in [7, 11) is 6.41. The van der Waals surface area contributed by atoms with Crippen molar-refractivity contribution in [3.63, 3.8) is 0 Å². The summed E-state index contributed by atoms with van der Waals surface area (Å²) < 4.78 is 22.2. The van der Waals surface area contributed by atoms with Crippen LogP contribution < -0.4 is 18.9 Å². The van der Waals surface area contributed by atoms with Gasteiger partial charge in [-0.1, -0.05) is 19.8 Å². The first kappa shape index (κ1) is 18.2. The summed E-state index contributed by atoms with van der Waals surface area (Å²) in [5.74, 6) is 2.51. The molecule has 0 saturated carbocycles. The molecule has 5 nitrogen and oxygen atoms in total. The maximum Gasteiger partial charge on any atom is 0.136 e. The van der Waals surface area contributed by atoms with Crippen LogP contribution in [0.2, 0.25) is 0 Å². The molecular weight excluding hydrogens is 308 g/mol. The van der Waals surface area contributed by atoms with Crippen molar-refractivity contribution < 1.29 is 24.1 Å². The van der Waals surface area contributed by atoms with Crippen molar-refractivity contribution in [1.29, 1.82) is 0 Å². The van der Waals surface area contributed by atoms with Crippen molar-refractivity contribution in [3.05, 3.63) is 23.8 Å². The minimum absolute atomic E-state index is 0.588. The van der Waals surface area contributed by atoms with Gasteiger partial charge in [0, 0.05) is 5.56 Å². The van der Waals surface area contributed by atoms with E-state index in [1.54, 1.807) is 28.4 Å². The van der Waals surface area contributed by atoms with Gasteiger partial charge in [-0.15, -0.1) is 0 Å². The van der Waals surface area contributed by atoms with Gasteiger partial charge in [0.15, 0.2) is 0 Å². The first-order valence-electron chi connectivity index (χ1n) is 8.10. The number of aliphatic hydroxyl groups is 1. The minimum atomic E-state index is -0.630. The molecule has 0 saturated heterocycles. The van der Waals surface area contributed by atoms with Crippen molar-refractivity contribution >= 4 is 10.8 Å². The van der Waals surface area contributed by atoms with Crippen LogP contribution in [0.5, 0.6) is 23.0 Å². The molecule has 0 fully saturated rings. The zero-order valence-corrected chi connectivity index (χ0v) is 15.0. The van der Waals surface area contributed by atoms with Gasteiger partial charge in [-0.05, 0) is 24.6 Å². The van der Waals surface area contributed by atoms with Gasteiger partial charge >= 0.3 is 0 Å². The first-order valence-corrected chi connectivity index (χ1v) is 8.10. The van der Waals surface area contributed by atoms with Crippen LogP contribution in [0, 0.1) is 0 Å². The zero-order valence-electron chi connectivity index (χ0n) is 15.0. The Hall–Kier alpha value is -2.14. The molecule has 0 amide bonds. The highest BCUT2D eigenvalue weighted by Gasteiger charge is 2.23. The number of methoxy groups -OCH3 is 4. The van der Waals surface area contributed by atoms with Crippen LogP contribution in [0.25, 0.3) is 10.8 Å². The number of unbranched alkanes of at least 4 members (excludes halogenated alkanes) is 1. The molecule has 0 aliphatic carbocycles. The molecule has 1 N–H and O–H groups in total. The third-order valence-electron chi connectivity index (χ3n) is 4.21. The lowest BCUT2D eigenvalue weighted by molar-refractivity contribution is 0.160. The third-order valence-corrected chi connectivity index (χ3v) is 4.21. The highest BCUT2D eigenvalue weighted by Crippen LogP contribution is 2.48. The molecule has 2 aromatic carbocycles. The highest BCUT2D eigenvalue weighted by atomic mass is 16.5. The predicted molar refractivity (Wildman–Crippen MR) is 94.6 cm³/mol. The number of rotatable bonds is 8. The van der Waals surface area contributed by atoms with Crippen LogP contribution in [-0.2, 0) is 0 Å². The monoisotopic (exact) mass is 334 g/mol. The van der Waals surface area contributed by atoms with Gasteiger partial charge in [0.25, 0.3) is 0 Å². The lowest BCUT2D eigenvalue weighted by Crippen LogP contribution is -2.04. The van der Waals surface area contributed by atoms with E-state index >= 15 is 0 Å². The Morgan fingerprint density at radius 3 is 1.96 bits per heavy atom. The topological polar surface area (TPSA) is 57.2 Å². The molecule has 1 unspecified atom stereocenters. The van der Waals surface area contributed by atoms with Gasteiger partial charge in [0.1, 0.15) is 23.0 Å². The molecule has 0 bridgehead atoms. The molecule has 0 aliphatic heterocycles. The SMILES string of the molecule is CCCCC(O)c1cc(OC)c2c(OC)ccc(OC)c2c1OC. The molecule has 0 radical (unpaired) electrons. The van der Waals surface area contributed by atoms with Gasteiger partial charge in [-0.3, -0.25) is 0 Å². The summed E-state index contributed by atoms with van der Waals surface area (Å²) >= 11 is 0. The molecule has 2 aromatic rings. The number of hydrogen-bond donors (Lipinski definition) is 1. The summed E-state index contributed by atoms with van der Waals surface area (Å²) in [6.07, 6.45) is 1.98. The van der Waals surface area contributed by atoms with Crippen molar-refractivity contribution in [2.24, 2.45) is 0 Å². The smallest absolute Gasteiger partial charge is 0.136 e. The summed E-state index contributed by atoms with van der Waals surface area (Å²) in [5, 5.41) is 12.1. The van der Waals surface area contributed by atoms with Crippen molar-refractivity contribution in [2.75, 3.05) is 28.4 Å². The molecule has 1 atom stereocenters. The second kappa shape index (κ2) is 8.11. The fourth-order valence-corrected chi connectivity index (χ4v) is 2.98. The standard InChI is InChI=1S/C19H26O5/c1-6-7-8-13(20)12-11-16(23-4)17-14(21-2)9-10-15(22-3)18(17)19(12)24-5/h9-11,13,20H,6-8H2,1-5H3. The van der Waals surface area contributed by atoms with E-state index in [9.17, 15) is 5.11 Å². The van der Waals surface area contributed by atoms with Crippen LogP contribution in [0.15, 0.2) is 18.2 Å². The Morgan fingerprint density at radius 1 is 0.875 bits per heavy atom. The van der Waals surface area contributed by atoms with Gasteiger partial charge in [0.2, 0.25) is 0 Å². The molecule has 0 aliphatic rings. The molecule has 5 heteroatoms. The average Bonchev–Trinajstić information content (AvgIpc) is 2.63. The maximum atomic E-state index is 10.6. The van der Waals surface area contributed by atoms with E-state index in [-0.39, 0.29) is 0 Å². The highest BCUT2D eigenvalue weighted by molar-refractivity contribution is 6.03. The predicted octanol–water partition coefficient (Wildman–Crippen LogP) is 4.10. The van der Waals surface area contributed by atoms with Crippen LogP contribution in [0.1, 0.15) is 37.9 Å². The van der Waals surface area contributed by atoms with Crippen molar-refractivity contribution in [2.45, 2.75) is 32.3 Å². The molecule has 0 aromatic heterocycles. The van der Waals surface area contributed by atoms with Crippen LogP contribution >= 0.6 is 0 Å². The molecule has 0 heterocycles. The number of aliphatic hydroxyl groups excluding tert-OH is 1. The number of hydrogen-bond acceptors (Lipinski definition) is 5. The van der Waals surface area contributed by atoms with Gasteiger partial charge in [-0.25, -0.2) is 0 Å². The lowest BCUT2D eigenvalue weighted by Gasteiger charge is -2.21. The van der Waals surface area contributed by atoms with Crippen LogP contribution in [0.4, 0.5) is 0 Å². The Kier molecular flexibility index (Phi) is 6.15. The Bertz CT molecular complexity index is 696. The second-order valence-corrected chi connectivity index (χ2v) is 5.58. The Labute approximate surface area is 143 Å². The fraction of sp³-hybridized carbons (Fsp3) is 0.474. The fourth-order valence-electron chi connectivity index (χ4n) is 2.98. The Balaban J connectivity index is 2.82. The average molecular weight is 334 g/mol. The molecule has 0 spiro atoms. The summed E-state index contributed by atoms with van der Waals surface area (Å²) in [5.41, 5.74) is 0.696. The zero-order chi connectivity index (χ0) is 17.7. The quantitative estimate of drug-likeness (QED) is 0.788. The summed E-state index contributed by atoms with van der Waals surface area (Å²) in [6, 6.07) is 5.48. The molecule has 132 valence electrons. The Morgan fingerprint density at radius 2 is 1.46 bits per heavy atom. The van der Waals surface area contributed by atoms with Crippen molar-refractivity contribution in [3.8, 4) is 23.0 Å². The molecule has 24 heavy (non-hydrogen) atoms. The minimum Gasteiger partial charge on any atom is -0.496 e. The van der Waals surface area contributed by atoms with Gasteiger partial charge < -0.3 is 24.1 Å². The molecular formula is C19H26O5. The maximum absolute atomic E-state index is 10.6. The largest absolute Gasteiger partial charge is 0.496 e. The summed E-state index contributed by atoms with van der Waals surface area (Å²) in [4.78, 5) is 0. The summed E-state index contributed by atoms with van der Waals surface area (Å²) in [6.45, 7) is 2.10. The van der Waals surface area contributed by atoms with Gasteiger partial charge in [-0.2, -0.15) is 0 Å². The lowest BCUT2D eigenvalue weighted by atomic mass is 9.96. The van der Waals surface area contributed by atoms with E-state index in [0.29, 0.717) is 35.0 Å². The van der Waals surface area contributed by atoms with E-state index < -0.39 is 6.10 Å². The second-order valence-electron chi connectivity index (χ2n) is 5.58. The van der Waals surface area contributed by atoms with E-state index in [1.807, 2.05) is 18.2 Å². The number of ether oxygens (including phenoxy) is 4. The van der Waals surface area contributed by atoms with Crippen LogP contribution in [-0.4, -0.2) is 33.5 Å². The van der Waals surface area contributed by atoms with E-state index in [2.05, 4.69) is 6.92 Å². The van der Waals surface area contributed by atoms with Gasteiger partial charge in [0.05, 0.1) is 45.3 Å². The normalized spacial score (nSPS) is 12.1. The van der Waals surface area contributed by atoms with Crippen molar-refractivity contribution in [1.82, 2.24) is 0 Å². The van der Waals surface area contributed by atoms with E-state index in [1.165, 1.54) is 0 Å².